The lowest BCUT2D eigenvalue weighted by Gasteiger charge is -2.50. The minimum Gasteiger partial charge on any atom is -0.448 e. The highest BCUT2D eigenvalue weighted by Gasteiger charge is 2.55. The van der Waals surface area contributed by atoms with Crippen LogP contribution in [-0.2, 0) is 25.5 Å². The highest BCUT2D eigenvalue weighted by Crippen LogP contribution is 2.47. The van der Waals surface area contributed by atoms with Gasteiger partial charge >= 0.3 is 5.97 Å². The molecule has 8 nitrogen and oxygen atoms in total. The lowest BCUT2D eigenvalue weighted by Crippen LogP contribution is -2.70. The summed E-state index contributed by atoms with van der Waals surface area (Å²) in [5, 5.41) is 2.69. The Hall–Kier alpha value is -3.41. The van der Waals surface area contributed by atoms with Crippen LogP contribution < -0.4 is 11.1 Å². The second-order valence-corrected chi connectivity index (χ2v) is 11.4. The van der Waals surface area contributed by atoms with E-state index in [0.717, 1.165) is 16.0 Å². The number of hydrogen-bond acceptors (Lipinski definition) is 8. The number of nitrogens with one attached hydrogen (secondary N) is 1. The van der Waals surface area contributed by atoms with Crippen molar-refractivity contribution in [3.63, 3.8) is 0 Å². The molecule has 2 aliphatic rings. The predicted molar refractivity (Wildman–Crippen MR) is 151 cm³/mol. The van der Waals surface area contributed by atoms with Crippen LogP contribution >= 0.6 is 39.0 Å². The van der Waals surface area contributed by atoms with Crippen molar-refractivity contribution in [2.24, 2.45) is 0 Å². The first-order valence-electron chi connectivity index (χ1n) is 11.7. The predicted octanol–water partition coefficient (Wildman–Crippen LogP) is 4.51. The summed E-state index contributed by atoms with van der Waals surface area (Å²) in [6.45, 7) is 1.78. The number of nitrogen functional groups attached to an aromatic ring is 1. The molecule has 1 fully saturated rings. The molecule has 2 aliphatic heterocycles. The number of thiazole rings is 1. The van der Waals surface area contributed by atoms with Gasteiger partial charge in [-0.25, -0.2) is 9.78 Å². The van der Waals surface area contributed by atoms with E-state index in [1.54, 1.807) is 18.1 Å². The zero-order valence-electron chi connectivity index (χ0n) is 20.2. The minimum atomic E-state index is -0.782. The molecule has 2 atom stereocenters. The number of ether oxygens (including phenoxy) is 1. The maximum atomic E-state index is 13.7. The quantitative estimate of drug-likeness (QED) is 0.299. The number of benzene rings is 2. The Bertz CT molecular complexity index is 1400. The number of carbonyl (C=O) groups excluding carboxylic acids is 3. The van der Waals surface area contributed by atoms with Crippen LogP contribution in [0.4, 0.5) is 5.13 Å². The van der Waals surface area contributed by atoms with Crippen molar-refractivity contribution >= 4 is 61.9 Å². The van der Waals surface area contributed by atoms with Crippen LogP contribution in [0.25, 0.3) is 0 Å². The number of halogens is 1. The molecule has 1 saturated heterocycles. The van der Waals surface area contributed by atoms with Crippen molar-refractivity contribution in [1.29, 1.82) is 0 Å². The Balaban J connectivity index is 1.38. The molecule has 38 heavy (non-hydrogen) atoms. The Morgan fingerprint density at radius 3 is 2.34 bits per heavy atom. The number of carbonyl (C=O) groups is 3. The zero-order valence-corrected chi connectivity index (χ0v) is 23.4. The second-order valence-electron chi connectivity index (χ2n) is 8.66. The van der Waals surface area contributed by atoms with Crippen LogP contribution in [0.3, 0.4) is 0 Å². The fourth-order valence-corrected chi connectivity index (χ4v) is 6.93. The van der Waals surface area contributed by atoms with Crippen LogP contribution in [-0.4, -0.2) is 39.1 Å². The van der Waals surface area contributed by atoms with Crippen molar-refractivity contribution in [3.8, 4) is 0 Å². The fraction of sp³-hybridized carbons (Fsp3) is 0.185. The third-order valence-corrected chi connectivity index (χ3v) is 9.19. The first kappa shape index (κ1) is 26.2. The summed E-state index contributed by atoms with van der Waals surface area (Å²) in [6.07, 6.45) is 0.955. The highest BCUT2D eigenvalue weighted by molar-refractivity contribution is 9.11. The number of nitrogens with zero attached hydrogens (tertiary/aromatic N) is 2. The fourth-order valence-electron chi connectivity index (χ4n) is 4.36. The molecular formula is C27H23BrN4O4S2. The molecule has 0 radical (unpaired) electrons. The Kier molecular flexibility index (Phi) is 7.68. The van der Waals surface area contributed by atoms with E-state index in [9.17, 15) is 14.4 Å². The molecule has 11 heteroatoms. The molecule has 0 bridgehead atoms. The van der Waals surface area contributed by atoms with Crippen molar-refractivity contribution in [2.45, 2.75) is 30.9 Å². The van der Waals surface area contributed by atoms with E-state index in [1.165, 1.54) is 28.0 Å². The van der Waals surface area contributed by atoms with Crippen LogP contribution in [0.5, 0.6) is 0 Å². The number of rotatable bonds is 7. The van der Waals surface area contributed by atoms with Crippen molar-refractivity contribution in [2.75, 3.05) is 5.73 Å². The van der Waals surface area contributed by atoms with Crippen LogP contribution in [0.1, 0.15) is 29.0 Å². The number of hydrogen-bond donors (Lipinski definition) is 2. The maximum Gasteiger partial charge on any atom is 0.356 e. The van der Waals surface area contributed by atoms with Crippen LogP contribution in [0, 0.1) is 0 Å². The van der Waals surface area contributed by atoms with E-state index in [1.807, 2.05) is 60.7 Å². The van der Waals surface area contributed by atoms with Gasteiger partial charge in [0.05, 0.1) is 6.42 Å². The average Bonchev–Trinajstić information content (AvgIpc) is 3.35. The van der Waals surface area contributed by atoms with Gasteiger partial charge in [-0.15, -0.1) is 11.3 Å². The normalized spacial score (nSPS) is 19.8. The first-order chi connectivity index (χ1) is 18.4. The van der Waals surface area contributed by atoms with E-state index >= 15 is 0 Å². The van der Waals surface area contributed by atoms with Gasteiger partial charge in [-0.2, -0.15) is 0 Å². The Labute approximate surface area is 236 Å². The number of esters is 1. The van der Waals surface area contributed by atoms with Gasteiger partial charge in [-0.3, -0.25) is 14.5 Å². The molecular weight excluding hydrogens is 588 g/mol. The molecule has 194 valence electrons. The summed E-state index contributed by atoms with van der Waals surface area (Å²) >= 11 is 6.00. The van der Waals surface area contributed by atoms with Crippen LogP contribution in [0.2, 0.25) is 0 Å². The number of allylic oxidation sites excluding steroid dienone is 1. The van der Waals surface area contributed by atoms with Gasteiger partial charge in [0.2, 0.25) is 5.91 Å². The molecule has 2 aromatic carbocycles. The zero-order chi connectivity index (χ0) is 26.8. The van der Waals surface area contributed by atoms with Gasteiger partial charge < -0.3 is 15.8 Å². The van der Waals surface area contributed by atoms with Gasteiger partial charge in [0, 0.05) is 16.0 Å². The minimum absolute atomic E-state index is 0.0662. The largest absolute Gasteiger partial charge is 0.448 e. The molecule has 1 unspecified atom stereocenters. The molecule has 3 aromatic rings. The van der Waals surface area contributed by atoms with Gasteiger partial charge in [-0.1, -0.05) is 88.4 Å². The third kappa shape index (κ3) is 5.13. The smallest absolute Gasteiger partial charge is 0.356 e. The molecule has 3 heterocycles. The van der Waals surface area contributed by atoms with E-state index in [4.69, 9.17) is 10.5 Å². The Morgan fingerprint density at radius 1 is 1.16 bits per heavy atom. The number of nitrogens with two attached hydrogens (primary N) is 1. The number of β-lactam (4-membered cyclic amide) rings is 1. The van der Waals surface area contributed by atoms with Gasteiger partial charge in [0.25, 0.3) is 5.91 Å². The monoisotopic (exact) mass is 610 g/mol. The van der Waals surface area contributed by atoms with Gasteiger partial charge in [0.1, 0.15) is 17.1 Å². The SMILES string of the molecule is CC1=C(C(=O)OC(c2ccccc2)c2ccccc2)N2C(=O)C(NC(=O)Cc3cnc(N)s3)[C@@H]2SC1=CBr. The van der Waals surface area contributed by atoms with Crippen molar-refractivity contribution in [1.82, 2.24) is 15.2 Å². The topological polar surface area (TPSA) is 115 Å². The number of aromatic nitrogens is 1. The van der Waals surface area contributed by atoms with Gasteiger partial charge in [-0.05, 0) is 28.6 Å². The summed E-state index contributed by atoms with van der Waals surface area (Å²) < 4.78 is 6.08. The molecule has 0 aliphatic carbocycles. The summed E-state index contributed by atoms with van der Waals surface area (Å²) in [5.74, 6) is -1.30. The molecule has 3 N–H and O–H groups in total. The number of thioether (sulfide) groups is 1. The number of fused-ring (bicyclic) bond motifs is 1. The maximum absolute atomic E-state index is 13.7. The summed E-state index contributed by atoms with van der Waals surface area (Å²) in [7, 11) is 0. The van der Waals surface area contributed by atoms with Crippen molar-refractivity contribution < 1.29 is 19.1 Å². The molecule has 2 amide bonds. The van der Waals surface area contributed by atoms with E-state index in [-0.39, 0.29) is 23.9 Å². The van der Waals surface area contributed by atoms with Crippen LogP contribution in [0.15, 0.2) is 88.0 Å². The van der Waals surface area contributed by atoms with Gasteiger partial charge in [0.15, 0.2) is 11.2 Å². The summed E-state index contributed by atoms with van der Waals surface area (Å²) in [4.78, 5) is 48.2. The third-order valence-electron chi connectivity index (χ3n) is 6.20. The van der Waals surface area contributed by atoms with Crippen molar-refractivity contribution in [3.05, 3.63) is 104 Å². The second kappa shape index (κ2) is 11.1. The lowest BCUT2D eigenvalue weighted by atomic mass is 10.0. The first-order valence-corrected chi connectivity index (χ1v) is 14.3. The Morgan fingerprint density at radius 2 is 1.79 bits per heavy atom. The summed E-state index contributed by atoms with van der Waals surface area (Å²) in [5.41, 5.74) is 8.06. The van der Waals surface area contributed by atoms with E-state index in [0.29, 0.717) is 15.6 Å². The number of anilines is 1. The molecule has 5 rings (SSSR count). The average molecular weight is 612 g/mol. The van der Waals surface area contributed by atoms with E-state index < -0.39 is 23.5 Å². The number of amides is 2. The highest BCUT2D eigenvalue weighted by atomic mass is 79.9. The summed E-state index contributed by atoms with van der Waals surface area (Å²) in [6, 6.07) is 18.1. The van der Waals surface area contributed by atoms with E-state index in [2.05, 4.69) is 26.2 Å². The molecule has 0 spiro atoms. The molecule has 0 saturated carbocycles. The molecule has 1 aromatic heterocycles. The lowest BCUT2D eigenvalue weighted by molar-refractivity contribution is -0.154. The standard InChI is InChI=1S/C27H23BrN4O4S2/c1-15-19(13-28)38-25-21(31-20(33)12-18-14-30-27(29)37-18)24(34)32(25)22(15)26(35)36-23(16-8-4-2-5-9-16)17-10-6-3-7-11-17/h2-11,13-14,21,23,25H,12H2,1H3,(H2,29,30)(H,31,33)/t21?,25-/m0/s1.